The maximum atomic E-state index is 12.3. The van der Waals surface area contributed by atoms with Crippen molar-refractivity contribution in [2.24, 2.45) is 5.10 Å². The Morgan fingerprint density at radius 3 is 2.42 bits per heavy atom. The minimum Gasteiger partial charge on any atom is -0.374 e. The average molecular weight is 345 g/mol. The van der Waals surface area contributed by atoms with Crippen LogP contribution in [0.1, 0.15) is 25.0 Å². The summed E-state index contributed by atoms with van der Waals surface area (Å²) < 4.78 is 0. The number of nitrogens with zero attached hydrogens (tertiary/aromatic N) is 1. The number of hydrogen-bond donors (Lipinski definition) is 2. The number of fused-ring (bicyclic) bond motifs is 1. The third kappa shape index (κ3) is 4.09. The van der Waals surface area contributed by atoms with Crippen LogP contribution in [0.25, 0.3) is 10.8 Å². The molecule has 0 radical (unpaired) electrons. The van der Waals surface area contributed by atoms with Crippen LogP contribution in [0.15, 0.2) is 71.8 Å². The first kappa shape index (κ1) is 17.7. The number of benzene rings is 3. The van der Waals surface area contributed by atoms with Crippen LogP contribution in [0.3, 0.4) is 0 Å². The van der Waals surface area contributed by atoms with Crippen LogP contribution in [0.5, 0.6) is 0 Å². The van der Waals surface area contributed by atoms with Gasteiger partial charge in [-0.3, -0.25) is 4.79 Å². The number of para-hydroxylation sites is 1. The van der Waals surface area contributed by atoms with Crippen molar-refractivity contribution in [1.29, 1.82) is 0 Å². The molecule has 26 heavy (non-hydrogen) atoms. The second kappa shape index (κ2) is 7.83. The van der Waals surface area contributed by atoms with Gasteiger partial charge in [-0.1, -0.05) is 54.6 Å². The second-order valence-corrected chi connectivity index (χ2v) is 6.42. The Hall–Kier alpha value is -3.14. The van der Waals surface area contributed by atoms with Gasteiger partial charge in [0.15, 0.2) is 0 Å². The number of hydrogen-bond acceptors (Lipinski definition) is 3. The zero-order chi connectivity index (χ0) is 18.5. The van der Waals surface area contributed by atoms with Crippen molar-refractivity contribution in [3.05, 3.63) is 77.9 Å². The number of rotatable bonds is 5. The molecule has 1 atom stereocenters. The molecule has 4 heteroatoms. The molecule has 0 unspecified atom stereocenters. The van der Waals surface area contributed by atoms with Gasteiger partial charge in [0.05, 0.1) is 5.71 Å². The molecule has 3 rings (SSSR count). The van der Waals surface area contributed by atoms with Crippen molar-refractivity contribution in [2.45, 2.75) is 26.8 Å². The Kier molecular flexibility index (Phi) is 5.32. The standard InChI is InChI=1S/C22H23N3O/c1-15-8-4-7-11-21(15)23-17(3)22(26)25-24-16(2)19-13-12-18-9-5-6-10-20(18)14-19/h4-14,17,23H,1-3H3,(H,25,26)/t17-/m0/s1. The molecule has 3 aromatic carbocycles. The van der Waals surface area contributed by atoms with E-state index in [1.54, 1.807) is 0 Å². The fraction of sp³-hybridized carbons (Fsp3) is 0.182. The fourth-order valence-electron chi connectivity index (χ4n) is 2.75. The van der Waals surface area contributed by atoms with Gasteiger partial charge in [-0.05, 0) is 54.8 Å². The number of carbonyl (C=O) groups excluding carboxylic acids is 1. The van der Waals surface area contributed by atoms with E-state index in [9.17, 15) is 4.79 Å². The number of anilines is 1. The lowest BCUT2D eigenvalue weighted by Gasteiger charge is -2.15. The summed E-state index contributed by atoms with van der Waals surface area (Å²) in [4.78, 5) is 12.3. The fourth-order valence-corrected chi connectivity index (χ4v) is 2.75. The molecule has 0 aliphatic heterocycles. The quantitative estimate of drug-likeness (QED) is 0.529. The number of amides is 1. The van der Waals surface area contributed by atoms with Gasteiger partial charge in [0, 0.05) is 5.69 Å². The van der Waals surface area contributed by atoms with E-state index >= 15 is 0 Å². The summed E-state index contributed by atoms with van der Waals surface area (Å²) in [5.74, 6) is -0.173. The van der Waals surface area contributed by atoms with Gasteiger partial charge in [0.2, 0.25) is 0 Å². The largest absolute Gasteiger partial charge is 0.374 e. The number of nitrogens with one attached hydrogen (secondary N) is 2. The third-order valence-corrected chi connectivity index (χ3v) is 4.41. The molecule has 1 amide bonds. The predicted octanol–water partition coefficient (Wildman–Crippen LogP) is 4.49. The predicted molar refractivity (Wildman–Crippen MR) is 109 cm³/mol. The van der Waals surface area contributed by atoms with E-state index in [0.717, 1.165) is 27.9 Å². The molecular weight excluding hydrogens is 322 g/mol. The Labute approximate surface area is 153 Å². The Morgan fingerprint density at radius 2 is 1.65 bits per heavy atom. The summed E-state index contributed by atoms with van der Waals surface area (Å²) in [6.45, 7) is 5.72. The van der Waals surface area contributed by atoms with Crippen molar-refractivity contribution >= 4 is 28.1 Å². The van der Waals surface area contributed by atoms with E-state index in [0.29, 0.717) is 0 Å². The van der Waals surface area contributed by atoms with E-state index in [4.69, 9.17) is 0 Å². The van der Waals surface area contributed by atoms with Gasteiger partial charge < -0.3 is 5.32 Å². The first-order chi connectivity index (χ1) is 12.5. The average Bonchev–Trinajstić information content (AvgIpc) is 2.67. The summed E-state index contributed by atoms with van der Waals surface area (Å²) in [5.41, 5.74) is 6.46. The molecule has 0 saturated heterocycles. The highest BCUT2D eigenvalue weighted by Gasteiger charge is 2.13. The lowest BCUT2D eigenvalue weighted by atomic mass is 10.0. The molecule has 0 aliphatic carbocycles. The molecule has 0 heterocycles. The molecule has 3 aromatic rings. The number of aryl methyl sites for hydroxylation is 1. The van der Waals surface area contributed by atoms with Gasteiger partial charge >= 0.3 is 0 Å². The van der Waals surface area contributed by atoms with Crippen LogP contribution in [0.2, 0.25) is 0 Å². The topological polar surface area (TPSA) is 53.5 Å². The normalized spacial score (nSPS) is 12.7. The van der Waals surface area contributed by atoms with E-state index < -0.39 is 0 Å². The molecule has 0 saturated carbocycles. The van der Waals surface area contributed by atoms with Crippen molar-refractivity contribution in [3.63, 3.8) is 0 Å². The van der Waals surface area contributed by atoms with E-state index in [1.807, 2.05) is 63.2 Å². The minimum absolute atomic E-state index is 0.173. The maximum absolute atomic E-state index is 12.3. The van der Waals surface area contributed by atoms with Crippen LogP contribution in [-0.2, 0) is 4.79 Å². The molecule has 0 bridgehead atoms. The van der Waals surface area contributed by atoms with Crippen molar-refractivity contribution in [1.82, 2.24) is 5.43 Å². The smallest absolute Gasteiger partial charge is 0.262 e. The Balaban J connectivity index is 1.67. The monoisotopic (exact) mass is 345 g/mol. The van der Waals surface area contributed by atoms with Gasteiger partial charge in [0.1, 0.15) is 6.04 Å². The summed E-state index contributed by atoms with van der Waals surface area (Å²) in [6.07, 6.45) is 0. The Morgan fingerprint density at radius 1 is 0.962 bits per heavy atom. The highest BCUT2D eigenvalue weighted by atomic mass is 16.2. The SMILES string of the molecule is CC(=NNC(=O)[C@H](C)Nc1ccccc1C)c1ccc2ccccc2c1. The third-order valence-electron chi connectivity index (χ3n) is 4.41. The van der Waals surface area contributed by atoms with Crippen LogP contribution >= 0.6 is 0 Å². The van der Waals surface area contributed by atoms with Crippen LogP contribution in [0, 0.1) is 6.92 Å². The zero-order valence-corrected chi connectivity index (χ0v) is 15.3. The lowest BCUT2D eigenvalue weighted by molar-refractivity contribution is -0.121. The minimum atomic E-state index is -0.385. The summed E-state index contributed by atoms with van der Waals surface area (Å²) >= 11 is 0. The van der Waals surface area contributed by atoms with Gasteiger partial charge in [-0.2, -0.15) is 5.10 Å². The first-order valence-electron chi connectivity index (χ1n) is 8.70. The van der Waals surface area contributed by atoms with Crippen LogP contribution in [0.4, 0.5) is 5.69 Å². The molecule has 132 valence electrons. The van der Waals surface area contributed by atoms with E-state index in [-0.39, 0.29) is 11.9 Å². The summed E-state index contributed by atoms with van der Waals surface area (Å²) in [5, 5.41) is 9.82. The van der Waals surface area contributed by atoms with Crippen molar-refractivity contribution in [2.75, 3.05) is 5.32 Å². The van der Waals surface area contributed by atoms with Crippen LogP contribution < -0.4 is 10.7 Å². The summed E-state index contributed by atoms with van der Waals surface area (Å²) in [6, 6.07) is 21.8. The number of carbonyl (C=O) groups is 1. The summed E-state index contributed by atoms with van der Waals surface area (Å²) in [7, 11) is 0. The molecule has 0 spiro atoms. The lowest BCUT2D eigenvalue weighted by Crippen LogP contribution is -2.35. The van der Waals surface area contributed by atoms with E-state index in [1.165, 1.54) is 5.39 Å². The van der Waals surface area contributed by atoms with Crippen molar-refractivity contribution in [3.8, 4) is 0 Å². The van der Waals surface area contributed by atoms with E-state index in [2.05, 4.69) is 40.1 Å². The Bertz CT molecular complexity index is 962. The molecule has 0 fully saturated rings. The molecular formula is C22H23N3O. The van der Waals surface area contributed by atoms with Gasteiger partial charge in [-0.25, -0.2) is 5.43 Å². The highest BCUT2D eigenvalue weighted by molar-refractivity contribution is 6.02. The maximum Gasteiger partial charge on any atom is 0.262 e. The second-order valence-electron chi connectivity index (χ2n) is 6.42. The molecule has 2 N–H and O–H groups in total. The van der Waals surface area contributed by atoms with Gasteiger partial charge in [0.25, 0.3) is 5.91 Å². The molecule has 0 aliphatic rings. The van der Waals surface area contributed by atoms with Gasteiger partial charge in [-0.15, -0.1) is 0 Å². The molecule has 4 nitrogen and oxygen atoms in total. The zero-order valence-electron chi connectivity index (χ0n) is 15.3. The molecule has 0 aromatic heterocycles. The van der Waals surface area contributed by atoms with Crippen molar-refractivity contribution < 1.29 is 4.79 Å². The number of hydrazone groups is 1. The van der Waals surface area contributed by atoms with Crippen LogP contribution in [-0.4, -0.2) is 17.7 Å². The highest BCUT2D eigenvalue weighted by Crippen LogP contribution is 2.16. The first-order valence-corrected chi connectivity index (χ1v) is 8.70.